The molecule has 1 atom stereocenters. The fraction of sp³-hybridized carbons (Fsp3) is 0.812. The van der Waals surface area contributed by atoms with Gasteiger partial charge in [0.1, 0.15) is 12.4 Å². The molecule has 1 rings (SSSR count). The maximum Gasteiger partial charge on any atom is 0.191 e. The summed E-state index contributed by atoms with van der Waals surface area (Å²) in [5.74, 6) is 3.45. The fourth-order valence-corrected chi connectivity index (χ4v) is 2.78. The molecule has 0 spiro atoms. The minimum absolute atomic E-state index is 0. The first kappa shape index (κ1) is 25.4. The van der Waals surface area contributed by atoms with Crippen molar-refractivity contribution in [2.45, 2.75) is 32.4 Å². The summed E-state index contributed by atoms with van der Waals surface area (Å²) >= 11 is 1.83. The Kier molecular flexibility index (Phi) is 12.4. The van der Waals surface area contributed by atoms with Gasteiger partial charge in [0.25, 0.3) is 0 Å². The molecule has 1 aromatic rings. The van der Waals surface area contributed by atoms with Crippen molar-refractivity contribution in [3.63, 3.8) is 0 Å². The number of aryl methyl sites for hydroxylation is 1. The molecule has 0 bridgehead atoms. The third-order valence-electron chi connectivity index (χ3n) is 3.67. The number of hydrogen-bond donors (Lipinski definition) is 3. The lowest BCUT2D eigenvalue weighted by molar-refractivity contribution is 0.0377. The molecule has 0 radical (unpaired) electrons. The molecule has 8 nitrogen and oxygen atoms in total. The van der Waals surface area contributed by atoms with Gasteiger partial charge < -0.3 is 25.2 Å². The van der Waals surface area contributed by atoms with Gasteiger partial charge in [-0.2, -0.15) is 11.8 Å². The van der Waals surface area contributed by atoms with Gasteiger partial charge >= 0.3 is 0 Å². The van der Waals surface area contributed by atoms with Gasteiger partial charge in [-0.3, -0.25) is 0 Å². The molecular formula is C16H34IN7OS. The highest BCUT2D eigenvalue weighted by atomic mass is 127. The van der Waals surface area contributed by atoms with E-state index in [-0.39, 0.29) is 24.0 Å². The van der Waals surface area contributed by atoms with E-state index in [4.69, 9.17) is 0 Å². The highest BCUT2D eigenvalue weighted by Crippen LogP contribution is 2.03. The van der Waals surface area contributed by atoms with E-state index in [1.54, 1.807) is 0 Å². The van der Waals surface area contributed by atoms with E-state index in [2.05, 4.69) is 32.1 Å². The van der Waals surface area contributed by atoms with Crippen LogP contribution in [0.25, 0.3) is 0 Å². The molecule has 0 aliphatic rings. The summed E-state index contributed by atoms with van der Waals surface area (Å²) in [6, 6.07) is 0. The number of likely N-dealkylation sites (N-methyl/N-ethyl adjacent to an activating group) is 1. The van der Waals surface area contributed by atoms with Crippen LogP contribution in [0.1, 0.15) is 25.0 Å². The summed E-state index contributed by atoms with van der Waals surface area (Å²) in [5.41, 5.74) is -0.841. The Bertz CT molecular complexity index is 549. The predicted octanol–water partition coefficient (Wildman–Crippen LogP) is 0.842. The Morgan fingerprint density at radius 1 is 1.35 bits per heavy atom. The number of nitrogens with zero attached hydrogens (tertiary/aromatic N) is 5. The largest absolute Gasteiger partial charge is 0.387 e. The third-order valence-corrected chi connectivity index (χ3v) is 4.37. The Morgan fingerprint density at radius 2 is 2.04 bits per heavy atom. The number of rotatable bonds is 10. The van der Waals surface area contributed by atoms with Crippen molar-refractivity contribution >= 4 is 41.7 Å². The van der Waals surface area contributed by atoms with E-state index in [0.717, 1.165) is 30.4 Å². The van der Waals surface area contributed by atoms with E-state index < -0.39 is 5.60 Å². The smallest absolute Gasteiger partial charge is 0.191 e. The first-order valence-electron chi connectivity index (χ1n) is 8.48. The highest BCUT2D eigenvalue weighted by Gasteiger charge is 2.21. The van der Waals surface area contributed by atoms with Crippen LogP contribution < -0.4 is 10.6 Å². The lowest BCUT2D eigenvalue weighted by Crippen LogP contribution is -2.50. The van der Waals surface area contributed by atoms with Crippen LogP contribution in [0.5, 0.6) is 0 Å². The zero-order valence-corrected chi connectivity index (χ0v) is 19.9. The summed E-state index contributed by atoms with van der Waals surface area (Å²) in [7, 11) is 5.82. The molecule has 1 aromatic heterocycles. The lowest BCUT2D eigenvalue weighted by atomic mass is 10.1. The normalized spacial score (nSPS) is 14.1. The number of aromatic nitrogens is 3. The molecule has 0 fully saturated rings. The van der Waals surface area contributed by atoms with Crippen LogP contribution in [0, 0.1) is 6.92 Å². The van der Waals surface area contributed by atoms with Gasteiger partial charge in [-0.05, 0) is 46.4 Å². The van der Waals surface area contributed by atoms with Crippen LogP contribution in [-0.4, -0.2) is 82.1 Å². The van der Waals surface area contributed by atoms with E-state index in [0.29, 0.717) is 25.6 Å². The van der Waals surface area contributed by atoms with Crippen LogP contribution in [0.4, 0.5) is 0 Å². The summed E-state index contributed by atoms with van der Waals surface area (Å²) in [6.45, 7) is 5.99. The van der Waals surface area contributed by atoms with Crippen LogP contribution in [-0.2, 0) is 13.6 Å². The maximum absolute atomic E-state index is 10.5. The molecule has 3 N–H and O–H groups in total. The van der Waals surface area contributed by atoms with Crippen molar-refractivity contribution < 1.29 is 5.11 Å². The first-order valence-corrected chi connectivity index (χ1v) is 9.87. The molecule has 0 amide bonds. The topological polar surface area (TPSA) is 90.6 Å². The number of aliphatic imine (C=N–C) groups is 1. The number of thioether (sulfide) groups is 1. The number of guanidine groups is 1. The molecule has 1 unspecified atom stereocenters. The van der Waals surface area contributed by atoms with Crippen molar-refractivity contribution in [1.29, 1.82) is 0 Å². The van der Waals surface area contributed by atoms with Crippen molar-refractivity contribution in [2.75, 3.05) is 45.7 Å². The average molecular weight is 499 g/mol. The molecule has 1 heterocycles. The Balaban J connectivity index is 0.00000625. The molecule has 0 aliphatic carbocycles. The summed E-state index contributed by atoms with van der Waals surface area (Å²) in [4.78, 5) is 6.55. The molecule has 0 saturated heterocycles. The second kappa shape index (κ2) is 12.7. The molecule has 0 aliphatic heterocycles. The van der Waals surface area contributed by atoms with Crippen LogP contribution in [0.15, 0.2) is 4.99 Å². The van der Waals surface area contributed by atoms with Crippen molar-refractivity contribution in [2.24, 2.45) is 12.0 Å². The molecule has 0 aromatic carbocycles. The first-order chi connectivity index (χ1) is 11.7. The van der Waals surface area contributed by atoms with Crippen molar-refractivity contribution in [3.05, 3.63) is 11.6 Å². The average Bonchev–Trinajstić information content (AvgIpc) is 2.84. The summed E-state index contributed by atoms with van der Waals surface area (Å²) in [5, 5.41) is 25.2. The standard InChI is InChI=1S/C16H33N7OS.HI/c1-13-20-21-14(23(13)5)10-18-15(17-8-7-9-25-6)19-11-16(2,24)12-22(3)4;/h24H,7-12H2,1-6H3,(H2,17,18,19);1H. The van der Waals surface area contributed by atoms with E-state index >= 15 is 0 Å². The lowest BCUT2D eigenvalue weighted by Gasteiger charge is -2.28. The van der Waals surface area contributed by atoms with Crippen molar-refractivity contribution in [3.8, 4) is 0 Å². The molecule has 10 heteroatoms. The maximum atomic E-state index is 10.5. The second-order valence-electron chi connectivity index (χ2n) is 6.75. The quantitative estimate of drug-likeness (QED) is 0.190. The zero-order chi connectivity index (χ0) is 18.9. The van der Waals surface area contributed by atoms with Gasteiger partial charge in [-0.25, -0.2) is 4.99 Å². The van der Waals surface area contributed by atoms with E-state index in [1.807, 2.05) is 56.2 Å². The SMILES string of the molecule is CSCCCNC(=NCc1nnc(C)n1C)NCC(C)(O)CN(C)C.I. The molecule has 152 valence electrons. The van der Waals surface area contributed by atoms with Gasteiger partial charge in [0, 0.05) is 26.7 Å². The predicted molar refractivity (Wildman–Crippen MR) is 120 cm³/mol. The summed E-state index contributed by atoms with van der Waals surface area (Å²) < 4.78 is 1.93. The monoisotopic (exact) mass is 499 g/mol. The van der Waals surface area contributed by atoms with Crippen LogP contribution in [0.3, 0.4) is 0 Å². The van der Waals surface area contributed by atoms with Gasteiger partial charge in [0.05, 0.1) is 5.60 Å². The molecular weight excluding hydrogens is 465 g/mol. The minimum atomic E-state index is -0.841. The van der Waals surface area contributed by atoms with Gasteiger partial charge in [-0.15, -0.1) is 34.2 Å². The molecule has 26 heavy (non-hydrogen) atoms. The summed E-state index contributed by atoms with van der Waals surface area (Å²) in [6.07, 6.45) is 3.15. The minimum Gasteiger partial charge on any atom is -0.387 e. The zero-order valence-electron chi connectivity index (χ0n) is 16.7. The second-order valence-corrected chi connectivity index (χ2v) is 7.73. The Morgan fingerprint density at radius 3 is 2.58 bits per heavy atom. The van der Waals surface area contributed by atoms with Gasteiger partial charge in [0.2, 0.25) is 0 Å². The molecule has 0 saturated carbocycles. The van der Waals surface area contributed by atoms with Gasteiger partial charge in [-0.1, -0.05) is 0 Å². The number of aliphatic hydroxyl groups is 1. The van der Waals surface area contributed by atoms with Crippen molar-refractivity contribution in [1.82, 2.24) is 30.3 Å². The highest BCUT2D eigenvalue weighted by molar-refractivity contribution is 14.0. The van der Waals surface area contributed by atoms with Crippen LogP contribution in [0.2, 0.25) is 0 Å². The Labute approximate surface area is 178 Å². The van der Waals surface area contributed by atoms with Gasteiger partial charge in [0.15, 0.2) is 11.8 Å². The van der Waals surface area contributed by atoms with Crippen LogP contribution >= 0.6 is 35.7 Å². The third kappa shape index (κ3) is 9.93. The Hall–Kier alpha value is -0.590. The fourth-order valence-electron chi connectivity index (χ4n) is 2.35. The van der Waals surface area contributed by atoms with E-state index in [1.165, 1.54) is 0 Å². The number of halogens is 1. The number of nitrogens with one attached hydrogen (secondary N) is 2. The number of hydrogen-bond acceptors (Lipinski definition) is 6. The van der Waals surface area contributed by atoms with E-state index in [9.17, 15) is 5.11 Å².